The number of nitrogens with zero attached hydrogens (tertiary/aromatic N) is 1. The molecule has 1 heterocycles. The van der Waals surface area contributed by atoms with Crippen molar-refractivity contribution in [1.82, 2.24) is 9.97 Å². The first-order chi connectivity index (χ1) is 8.29. The van der Waals surface area contributed by atoms with Crippen molar-refractivity contribution in [1.29, 1.82) is 0 Å². The van der Waals surface area contributed by atoms with Crippen LogP contribution >= 0.6 is 0 Å². The van der Waals surface area contributed by atoms with Crippen molar-refractivity contribution in [3.05, 3.63) is 54.1 Å². The molecule has 1 N–H and O–H groups in total. The molecule has 0 aliphatic carbocycles. The van der Waals surface area contributed by atoms with Crippen molar-refractivity contribution >= 4 is 11.9 Å². The molecule has 1 aromatic heterocycles. The summed E-state index contributed by atoms with van der Waals surface area (Å²) in [5, 5.41) is 0. The van der Waals surface area contributed by atoms with Crippen LogP contribution in [0, 0.1) is 0 Å². The Kier molecular flexibility index (Phi) is 3.35. The molecule has 4 heteroatoms. The van der Waals surface area contributed by atoms with Crippen molar-refractivity contribution in [3.63, 3.8) is 0 Å². The minimum absolute atomic E-state index is 0.0831. The van der Waals surface area contributed by atoms with Gasteiger partial charge in [-0.05, 0) is 24.3 Å². The third-order valence-electron chi connectivity index (χ3n) is 2.27. The van der Waals surface area contributed by atoms with Crippen molar-refractivity contribution in [2.75, 3.05) is 7.11 Å². The monoisotopic (exact) mass is 228 g/mol. The fourth-order valence-electron chi connectivity index (χ4n) is 1.40. The fourth-order valence-corrected chi connectivity index (χ4v) is 1.40. The molecule has 1 aromatic carbocycles. The smallest absolute Gasteiger partial charge is 0.186 e. The summed E-state index contributed by atoms with van der Waals surface area (Å²) in [5.74, 6) is 1.24. The van der Waals surface area contributed by atoms with Gasteiger partial charge < -0.3 is 9.72 Å². The lowest BCUT2D eigenvalue weighted by molar-refractivity contribution is 0.104. The predicted octanol–water partition coefficient (Wildman–Crippen LogP) is 2.31. The first kappa shape index (κ1) is 11.1. The highest BCUT2D eigenvalue weighted by molar-refractivity contribution is 6.06. The third kappa shape index (κ3) is 2.81. The number of benzene rings is 1. The van der Waals surface area contributed by atoms with E-state index in [-0.39, 0.29) is 5.78 Å². The highest BCUT2D eigenvalue weighted by Crippen LogP contribution is 2.13. The molecule has 0 saturated carbocycles. The summed E-state index contributed by atoms with van der Waals surface area (Å²) in [6.07, 6.45) is 6.46. The second-order valence-corrected chi connectivity index (χ2v) is 3.40. The first-order valence-corrected chi connectivity index (χ1v) is 5.15. The zero-order valence-electron chi connectivity index (χ0n) is 9.38. The van der Waals surface area contributed by atoms with Gasteiger partial charge in [0, 0.05) is 18.0 Å². The molecule has 0 saturated heterocycles. The molecule has 0 radical (unpaired) electrons. The number of rotatable bonds is 4. The molecule has 0 bridgehead atoms. The molecule has 4 nitrogen and oxygen atoms in total. The van der Waals surface area contributed by atoms with Crippen molar-refractivity contribution in [2.24, 2.45) is 0 Å². The number of ketones is 1. The first-order valence-electron chi connectivity index (χ1n) is 5.15. The second kappa shape index (κ2) is 5.12. The molecule has 86 valence electrons. The maximum atomic E-state index is 11.8. The highest BCUT2D eigenvalue weighted by Gasteiger charge is 2.02. The van der Waals surface area contributed by atoms with Crippen LogP contribution in [0.1, 0.15) is 16.2 Å². The van der Waals surface area contributed by atoms with Crippen LogP contribution in [0.3, 0.4) is 0 Å². The van der Waals surface area contributed by atoms with E-state index in [0.29, 0.717) is 17.1 Å². The number of hydrogen-bond donors (Lipinski definition) is 1. The molecule has 0 aliphatic rings. The summed E-state index contributed by atoms with van der Waals surface area (Å²) < 4.78 is 5.06. The topological polar surface area (TPSA) is 55.0 Å². The van der Waals surface area contributed by atoms with E-state index >= 15 is 0 Å². The zero-order chi connectivity index (χ0) is 12.1. The molecule has 0 amide bonds. The average Bonchev–Trinajstić information content (AvgIpc) is 2.89. The van der Waals surface area contributed by atoms with Gasteiger partial charge in [-0.25, -0.2) is 4.98 Å². The standard InChI is InChI=1S/C13H12N2O2/c1-17-11-4-2-3-10(9-11)12(16)5-6-13-14-7-8-15-13/h2-9H,1H3,(H,14,15)/b6-5+. The molecule has 2 aromatic rings. The van der Waals surface area contributed by atoms with Gasteiger partial charge in [-0.1, -0.05) is 12.1 Å². The lowest BCUT2D eigenvalue weighted by Crippen LogP contribution is -1.95. The number of ether oxygens (including phenoxy) is 1. The molecule has 0 aliphatic heterocycles. The van der Waals surface area contributed by atoms with E-state index in [1.165, 1.54) is 6.08 Å². The molecular weight excluding hydrogens is 216 g/mol. The van der Waals surface area contributed by atoms with Crippen LogP contribution in [0.4, 0.5) is 0 Å². The summed E-state index contributed by atoms with van der Waals surface area (Å²) in [4.78, 5) is 18.7. The van der Waals surface area contributed by atoms with Crippen LogP contribution < -0.4 is 4.74 Å². The van der Waals surface area contributed by atoms with Gasteiger partial charge in [0.05, 0.1) is 7.11 Å². The highest BCUT2D eigenvalue weighted by atomic mass is 16.5. The van der Waals surface area contributed by atoms with Crippen LogP contribution in [-0.4, -0.2) is 22.9 Å². The lowest BCUT2D eigenvalue weighted by atomic mass is 10.1. The van der Waals surface area contributed by atoms with Crippen LogP contribution in [0.2, 0.25) is 0 Å². The Morgan fingerprint density at radius 3 is 3.06 bits per heavy atom. The Hall–Kier alpha value is -2.36. The summed E-state index contributed by atoms with van der Waals surface area (Å²) in [5.41, 5.74) is 0.590. The number of hydrogen-bond acceptors (Lipinski definition) is 3. The second-order valence-electron chi connectivity index (χ2n) is 3.40. The number of carbonyl (C=O) groups excluding carboxylic acids is 1. The predicted molar refractivity (Wildman–Crippen MR) is 64.9 cm³/mol. The maximum Gasteiger partial charge on any atom is 0.186 e. The van der Waals surface area contributed by atoms with Crippen LogP contribution in [-0.2, 0) is 0 Å². The number of nitrogens with one attached hydrogen (secondary N) is 1. The summed E-state index contributed by atoms with van der Waals surface area (Å²) in [7, 11) is 1.57. The largest absolute Gasteiger partial charge is 0.497 e. The molecular formula is C13H12N2O2. The van der Waals surface area contributed by atoms with Gasteiger partial charge in [0.2, 0.25) is 0 Å². The summed E-state index contributed by atoms with van der Waals surface area (Å²) >= 11 is 0. The number of imidazole rings is 1. The number of methoxy groups -OCH3 is 1. The molecule has 0 unspecified atom stereocenters. The number of H-pyrrole nitrogens is 1. The van der Waals surface area contributed by atoms with E-state index in [1.807, 2.05) is 0 Å². The lowest BCUT2D eigenvalue weighted by Gasteiger charge is -2.00. The Labute approximate surface area is 99.0 Å². The van der Waals surface area contributed by atoms with E-state index in [0.717, 1.165) is 0 Å². The van der Waals surface area contributed by atoms with Crippen LogP contribution in [0.15, 0.2) is 42.7 Å². The van der Waals surface area contributed by atoms with E-state index in [9.17, 15) is 4.79 Å². The van der Waals surface area contributed by atoms with Gasteiger partial charge >= 0.3 is 0 Å². The van der Waals surface area contributed by atoms with E-state index in [2.05, 4.69) is 9.97 Å². The number of carbonyl (C=O) groups is 1. The maximum absolute atomic E-state index is 11.8. The van der Waals surface area contributed by atoms with Crippen molar-refractivity contribution in [2.45, 2.75) is 0 Å². The minimum Gasteiger partial charge on any atom is -0.497 e. The Balaban J connectivity index is 2.14. The number of aromatic amines is 1. The Morgan fingerprint density at radius 1 is 1.47 bits per heavy atom. The van der Waals surface area contributed by atoms with Gasteiger partial charge in [-0.2, -0.15) is 0 Å². The molecule has 0 atom stereocenters. The third-order valence-corrected chi connectivity index (χ3v) is 2.27. The molecule has 0 fully saturated rings. The normalized spacial score (nSPS) is 10.6. The van der Waals surface area contributed by atoms with Gasteiger partial charge in [0.15, 0.2) is 5.78 Å². The van der Waals surface area contributed by atoms with Gasteiger partial charge in [0.1, 0.15) is 11.6 Å². The van der Waals surface area contributed by atoms with Crippen LogP contribution in [0.5, 0.6) is 5.75 Å². The number of aromatic nitrogens is 2. The van der Waals surface area contributed by atoms with E-state index < -0.39 is 0 Å². The Bertz CT molecular complexity index is 530. The van der Waals surface area contributed by atoms with Crippen LogP contribution in [0.25, 0.3) is 6.08 Å². The minimum atomic E-state index is -0.0831. The quantitative estimate of drug-likeness (QED) is 0.645. The molecule has 2 rings (SSSR count). The van der Waals surface area contributed by atoms with E-state index in [4.69, 9.17) is 4.74 Å². The summed E-state index contributed by atoms with van der Waals surface area (Å²) in [6, 6.07) is 7.03. The van der Waals surface area contributed by atoms with Crippen molar-refractivity contribution in [3.8, 4) is 5.75 Å². The van der Waals surface area contributed by atoms with Gasteiger partial charge in [0.25, 0.3) is 0 Å². The average molecular weight is 228 g/mol. The summed E-state index contributed by atoms with van der Waals surface area (Å²) in [6.45, 7) is 0. The number of allylic oxidation sites excluding steroid dienone is 1. The Morgan fingerprint density at radius 2 is 2.35 bits per heavy atom. The van der Waals surface area contributed by atoms with Gasteiger partial charge in [-0.15, -0.1) is 0 Å². The molecule has 0 spiro atoms. The fraction of sp³-hybridized carbons (Fsp3) is 0.0769. The van der Waals surface area contributed by atoms with Crippen molar-refractivity contribution < 1.29 is 9.53 Å². The van der Waals surface area contributed by atoms with E-state index in [1.54, 1.807) is 49.8 Å². The SMILES string of the molecule is COc1cccc(C(=O)/C=C/c2ncc[nH]2)c1. The zero-order valence-corrected chi connectivity index (χ0v) is 9.38. The van der Waals surface area contributed by atoms with Gasteiger partial charge in [-0.3, -0.25) is 4.79 Å². The molecule has 17 heavy (non-hydrogen) atoms.